The molecule has 182 valence electrons. The number of benzene rings is 3. The Morgan fingerprint density at radius 3 is 2.44 bits per heavy atom. The number of aromatic hydroxyl groups is 1. The van der Waals surface area contributed by atoms with Gasteiger partial charge in [0.25, 0.3) is 11.7 Å². The average molecular weight is 483 g/mol. The van der Waals surface area contributed by atoms with Crippen molar-refractivity contribution in [1.82, 2.24) is 9.88 Å². The molecule has 0 spiro atoms. The second kappa shape index (κ2) is 9.26. The minimum Gasteiger partial charge on any atom is -0.508 e. The molecule has 1 amide bonds. The maximum absolute atomic E-state index is 13.2. The van der Waals surface area contributed by atoms with E-state index in [-0.39, 0.29) is 23.6 Å². The number of likely N-dealkylation sites (tertiary alicyclic amines) is 1. The normalized spacial score (nSPS) is 17.2. The second-order valence-electron chi connectivity index (χ2n) is 8.93. The summed E-state index contributed by atoms with van der Waals surface area (Å²) in [6.07, 6.45) is 2.38. The zero-order valence-corrected chi connectivity index (χ0v) is 20.0. The number of aliphatic hydroxyl groups is 1. The summed E-state index contributed by atoms with van der Waals surface area (Å²) >= 11 is 0. The number of phenolic OH excluding ortho intramolecular Hbond substituents is 1. The number of ether oxygens (including phenoxy) is 1. The van der Waals surface area contributed by atoms with Crippen molar-refractivity contribution in [1.29, 1.82) is 0 Å². The molecule has 7 nitrogen and oxygen atoms in total. The van der Waals surface area contributed by atoms with E-state index in [0.717, 1.165) is 27.8 Å². The number of nitrogens with one attached hydrogen (secondary N) is 1. The summed E-state index contributed by atoms with van der Waals surface area (Å²) < 4.78 is 5.35. The van der Waals surface area contributed by atoms with E-state index in [0.29, 0.717) is 17.5 Å². The predicted molar refractivity (Wildman–Crippen MR) is 137 cm³/mol. The number of amides is 1. The van der Waals surface area contributed by atoms with E-state index < -0.39 is 17.7 Å². The Hall–Kier alpha value is -4.52. The summed E-state index contributed by atoms with van der Waals surface area (Å²) in [6, 6.07) is 18.4. The third-order valence-electron chi connectivity index (χ3n) is 6.67. The molecule has 36 heavy (non-hydrogen) atoms. The van der Waals surface area contributed by atoms with Crippen LogP contribution in [0.25, 0.3) is 16.7 Å². The molecule has 1 atom stereocenters. The Bertz CT molecular complexity index is 1480. The number of aliphatic hydroxyl groups excluding tert-OH is 1. The Kier molecular flexibility index (Phi) is 5.98. The number of phenols is 1. The van der Waals surface area contributed by atoms with E-state index in [4.69, 9.17) is 4.74 Å². The lowest BCUT2D eigenvalue weighted by molar-refractivity contribution is -0.139. The molecule has 2 heterocycles. The Morgan fingerprint density at radius 2 is 1.75 bits per heavy atom. The van der Waals surface area contributed by atoms with Gasteiger partial charge in [0.05, 0.1) is 18.7 Å². The number of Topliss-reactive ketones (excluding diaryl/α,β-unsaturated/α-hetero) is 1. The zero-order chi connectivity index (χ0) is 25.4. The van der Waals surface area contributed by atoms with Gasteiger partial charge in [-0.2, -0.15) is 0 Å². The SMILES string of the molecule is COc1ccc2[nH]cc(CCN3C(=O)C(=O)C(=C(O)c4ccc(C)cc4)[C@@H]3c3ccc(O)cc3)c2c1. The van der Waals surface area contributed by atoms with Crippen molar-refractivity contribution in [3.8, 4) is 11.5 Å². The minimum atomic E-state index is -0.786. The molecule has 1 saturated heterocycles. The lowest BCUT2D eigenvalue weighted by Crippen LogP contribution is -2.31. The lowest BCUT2D eigenvalue weighted by atomic mass is 9.95. The number of methoxy groups -OCH3 is 1. The number of carbonyl (C=O) groups is 2. The summed E-state index contributed by atoms with van der Waals surface area (Å²) in [7, 11) is 1.61. The zero-order valence-electron chi connectivity index (χ0n) is 20.0. The highest BCUT2D eigenvalue weighted by molar-refractivity contribution is 6.46. The number of hydrogen-bond donors (Lipinski definition) is 3. The number of hydrogen-bond acceptors (Lipinski definition) is 5. The van der Waals surface area contributed by atoms with E-state index >= 15 is 0 Å². The highest BCUT2D eigenvalue weighted by atomic mass is 16.5. The third kappa shape index (κ3) is 4.09. The fourth-order valence-electron chi connectivity index (χ4n) is 4.71. The van der Waals surface area contributed by atoms with Gasteiger partial charge >= 0.3 is 0 Å². The molecule has 1 aliphatic heterocycles. The monoisotopic (exact) mass is 482 g/mol. The molecular weight excluding hydrogens is 456 g/mol. The lowest BCUT2D eigenvalue weighted by Gasteiger charge is -2.25. The summed E-state index contributed by atoms with van der Waals surface area (Å²) in [5.41, 5.74) is 4.07. The smallest absolute Gasteiger partial charge is 0.295 e. The van der Waals surface area contributed by atoms with Crippen molar-refractivity contribution < 1.29 is 24.5 Å². The molecule has 0 bridgehead atoms. The first-order valence-corrected chi connectivity index (χ1v) is 11.7. The molecule has 1 aliphatic rings. The summed E-state index contributed by atoms with van der Waals surface area (Å²) in [5.74, 6) is -0.815. The summed E-state index contributed by atoms with van der Waals surface area (Å²) in [6.45, 7) is 2.18. The summed E-state index contributed by atoms with van der Waals surface area (Å²) in [4.78, 5) is 31.2. The second-order valence-corrected chi connectivity index (χ2v) is 8.93. The van der Waals surface area contributed by atoms with Crippen LogP contribution in [0, 0.1) is 6.92 Å². The molecule has 0 saturated carbocycles. The fourth-order valence-corrected chi connectivity index (χ4v) is 4.71. The molecule has 1 fully saturated rings. The van der Waals surface area contributed by atoms with Crippen LogP contribution in [0.15, 0.2) is 78.5 Å². The standard InChI is InChI=1S/C29H26N2O5/c1-17-3-5-19(6-4-17)27(33)25-26(18-7-9-21(32)10-8-18)31(29(35)28(25)34)14-13-20-16-30-24-12-11-22(36-2)15-23(20)24/h3-12,15-16,26,30,32-33H,13-14H2,1-2H3/t26-/m0/s1. The van der Waals surface area contributed by atoms with Gasteiger partial charge in [-0.05, 0) is 54.8 Å². The first kappa shape index (κ1) is 23.2. The van der Waals surface area contributed by atoms with E-state index in [1.54, 1.807) is 31.4 Å². The minimum absolute atomic E-state index is 0.0372. The van der Waals surface area contributed by atoms with Crippen LogP contribution < -0.4 is 4.74 Å². The first-order chi connectivity index (χ1) is 17.4. The number of ketones is 1. The predicted octanol–water partition coefficient (Wildman–Crippen LogP) is 4.85. The number of rotatable bonds is 6. The van der Waals surface area contributed by atoms with Crippen LogP contribution in [0.4, 0.5) is 0 Å². The number of nitrogens with zero attached hydrogens (tertiary/aromatic N) is 1. The van der Waals surface area contributed by atoms with Gasteiger partial charge in [0, 0.05) is 29.2 Å². The van der Waals surface area contributed by atoms with Crippen LogP contribution in [0.3, 0.4) is 0 Å². The van der Waals surface area contributed by atoms with E-state index in [1.165, 1.54) is 17.0 Å². The Morgan fingerprint density at radius 1 is 1.03 bits per heavy atom. The molecule has 7 heteroatoms. The number of H-pyrrole nitrogens is 1. The molecule has 0 unspecified atom stereocenters. The van der Waals surface area contributed by atoms with Crippen LogP contribution in [0.2, 0.25) is 0 Å². The number of aryl methyl sites for hydroxylation is 1. The van der Waals surface area contributed by atoms with Crippen molar-refractivity contribution in [2.45, 2.75) is 19.4 Å². The van der Waals surface area contributed by atoms with Gasteiger partial charge in [-0.15, -0.1) is 0 Å². The molecule has 4 aromatic rings. The highest BCUT2D eigenvalue weighted by Crippen LogP contribution is 2.40. The van der Waals surface area contributed by atoms with Gasteiger partial charge in [0.2, 0.25) is 0 Å². The average Bonchev–Trinajstić information content (AvgIpc) is 3.40. The molecule has 0 aliphatic carbocycles. The molecule has 5 rings (SSSR count). The molecule has 3 N–H and O–H groups in total. The van der Waals surface area contributed by atoms with E-state index in [2.05, 4.69) is 4.98 Å². The van der Waals surface area contributed by atoms with E-state index in [1.807, 2.05) is 43.5 Å². The molecular formula is C29H26N2O5. The molecule has 3 aromatic carbocycles. The largest absolute Gasteiger partial charge is 0.508 e. The Labute approximate surface area is 208 Å². The van der Waals surface area contributed by atoms with Crippen LogP contribution in [0.1, 0.15) is 28.3 Å². The third-order valence-corrected chi connectivity index (χ3v) is 6.67. The first-order valence-electron chi connectivity index (χ1n) is 11.7. The fraction of sp³-hybridized carbons (Fsp3) is 0.172. The van der Waals surface area contributed by atoms with Crippen molar-refractivity contribution in [2.24, 2.45) is 0 Å². The summed E-state index contributed by atoms with van der Waals surface area (Å²) in [5, 5.41) is 21.9. The van der Waals surface area contributed by atoms with Gasteiger partial charge < -0.3 is 24.8 Å². The highest BCUT2D eigenvalue weighted by Gasteiger charge is 2.45. The topological polar surface area (TPSA) is 103 Å². The maximum atomic E-state index is 13.2. The van der Waals surface area contributed by atoms with Crippen molar-refractivity contribution in [3.05, 3.63) is 101 Å². The van der Waals surface area contributed by atoms with Crippen LogP contribution in [0.5, 0.6) is 11.5 Å². The molecule has 0 radical (unpaired) electrons. The van der Waals surface area contributed by atoms with Crippen LogP contribution in [-0.4, -0.2) is 45.4 Å². The molecule has 1 aromatic heterocycles. The number of carbonyl (C=O) groups excluding carboxylic acids is 2. The van der Waals surface area contributed by atoms with Crippen molar-refractivity contribution >= 4 is 28.4 Å². The quantitative estimate of drug-likeness (QED) is 0.207. The number of aromatic nitrogens is 1. The van der Waals surface area contributed by atoms with Crippen LogP contribution in [-0.2, 0) is 16.0 Å². The number of fused-ring (bicyclic) bond motifs is 1. The van der Waals surface area contributed by atoms with E-state index in [9.17, 15) is 19.8 Å². The van der Waals surface area contributed by atoms with Gasteiger partial charge in [0.1, 0.15) is 17.3 Å². The Balaban J connectivity index is 1.55. The van der Waals surface area contributed by atoms with Crippen molar-refractivity contribution in [2.75, 3.05) is 13.7 Å². The van der Waals surface area contributed by atoms with Gasteiger partial charge in [-0.3, -0.25) is 9.59 Å². The van der Waals surface area contributed by atoms with Crippen molar-refractivity contribution in [3.63, 3.8) is 0 Å². The van der Waals surface area contributed by atoms with Gasteiger partial charge in [0.15, 0.2) is 0 Å². The van der Waals surface area contributed by atoms with Crippen LogP contribution >= 0.6 is 0 Å². The number of aromatic amines is 1. The van der Waals surface area contributed by atoms with Gasteiger partial charge in [-0.25, -0.2) is 0 Å². The maximum Gasteiger partial charge on any atom is 0.295 e. The van der Waals surface area contributed by atoms with Gasteiger partial charge in [-0.1, -0.05) is 42.0 Å².